The largest absolute Gasteiger partial charge is 0.457 e. The smallest absolute Gasteiger partial charge is 0.333 e. The van der Waals surface area contributed by atoms with Gasteiger partial charge in [-0.3, -0.25) is 0 Å². The standard InChI is InChI=1S/C7H13NO3.ClH/c1-5(2)7(9)11-6(3)4-10-8;/h6H,1,4,8H2,2-3H3;1H. The maximum Gasteiger partial charge on any atom is 0.333 e. The van der Waals surface area contributed by atoms with Gasteiger partial charge in [0.2, 0.25) is 0 Å². The van der Waals surface area contributed by atoms with E-state index >= 15 is 0 Å². The summed E-state index contributed by atoms with van der Waals surface area (Å²) in [5.74, 6) is 4.35. The van der Waals surface area contributed by atoms with Gasteiger partial charge < -0.3 is 9.57 Å². The van der Waals surface area contributed by atoms with Gasteiger partial charge in [0.25, 0.3) is 0 Å². The molecule has 0 aromatic heterocycles. The molecule has 12 heavy (non-hydrogen) atoms. The summed E-state index contributed by atoms with van der Waals surface area (Å²) in [6.45, 7) is 6.88. The van der Waals surface area contributed by atoms with Gasteiger partial charge in [0.1, 0.15) is 12.7 Å². The van der Waals surface area contributed by atoms with Gasteiger partial charge >= 0.3 is 5.97 Å². The van der Waals surface area contributed by atoms with E-state index in [0.717, 1.165) is 0 Å². The van der Waals surface area contributed by atoms with E-state index in [9.17, 15) is 4.79 Å². The summed E-state index contributed by atoms with van der Waals surface area (Å²) in [7, 11) is 0. The van der Waals surface area contributed by atoms with Crippen molar-refractivity contribution in [2.75, 3.05) is 6.61 Å². The highest BCUT2D eigenvalue weighted by atomic mass is 35.5. The first-order valence-corrected chi connectivity index (χ1v) is 3.26. The second-order valence-electron chi connectivity index (χ2n) is 2.33. The van der Waals surface area contributed by atoms with Gasteiger partial charge in [-0.1, -0.05) is 6.58 Å². The second-order valence-corrected chi connectivity index (χ2v) is 2.33. The number of esters is 1. The van der Waals surface area contributed by atoms with E-state index in [1.807, 2.05) is 0 Å². The molecule has 0 fully saturated rings. The van der Waals surface area contributed by atoms with Crippen LogP contribution in [0.2, 0.25) is 0 Å². The molecule has 0 aromatic rings. The Kier molecular flexibility index (Phi) is 8.26. The van der Waals surface area contributed by atoms with Crippen molar-refractivity contribution in [1.29, 1.82) is 0 Å². The lowest BCUT2D eigenvalue weighted by molar-refractivity contribution is -0.146. The van der Waals surface area contributed by atoms with Crippen molar-refractivity contribution in [2.24, 2.45) is 5.90 Å². The van der Waals surface area contributed by atoms with Crippen LogP contribution in [0.3, 0.4) is 0 Å². The van der Waals surface area contributed by atoms with Gasteiger partial charge in [-0.25, -0.2) is 10.7 Å². The quantitative estimate of drug-likeness (QED) is 0.410. The molecule has 0 spiro atoms. The van der Waals surface area contributed by atoms with Crippen LogP contribution in [-0.2, 0) is 14.4 Å². The number of halogens is 1. The van der Waals surface area contributed by atoms with E-state index in [0.29, 0.717) is 5.57 Å². The minimum atomic E-state index is -0.422. The SMILES string of the molecule is C=C(C)C(=O)OC(C)CON.Cl. The maximum absolute atomic E-state index is 10.8. The minimum Gasteiger partial charge on any atom is -0.457 e. The molecule has 5 heteroatoms. The first-order chi connectivity index (χ1) is 5.07. The van der Waals surface area contributed by atoms with Crippen molar-refractivity contribution in [3.63, 3.8) is 0 Å². The molecule has 0 heterocycles. The van der Waals surface area contributed by atoms with Crippen LogP contribution in [0.4, 0.5) is 0 Å². The van der Waals surface area contributed by atoms with Crippen molar-refractivity contribution in [2.45, 2.75) is 20.0 Å². The molecule has 2 N–H and O–H groups in total. The summed E-state index contributed by atoms with van der Waals surface area (Å²) in [6, 6.07) is 0. The Hall–Kier alpha value is -0.580. The van der Waals surface area contributed by atoms with E-state index in [2.05, 4.69) is 11.4 Å². The van der Waals surface area contributed by atoms with Crippen LogP contribution in [-0.4, -0.2) is 18.7 Å². The van der Waals surface area contributed by atoms with Crippen LogP contribution < -0.4 is 5.90 Å². The van der Waals surface area contributed by atoms with Gasteiger partial charge in [0, 0.05) is 5.57 Å². The monoisotopic (exact) mass is 195 g/mol. The van der Waals surface area contributed by atoms with Crippen molar-refractivity contribution in [3.8, 4) is 0 Å². The molecule has 0 amide bonds. The highest BCUT2D eigenvalue weighted by Crippen LogP contribution is 1.97. The third-order valence-electron chi connectivity index (χ3n) is 0.988. The molecule has 0 aliphatic heterocycles. The molecule has 0 rings (SSSR count). The first kappa shape index (κ1) is 14.0. The Bertz CT molecular complexity index is 161. The Morgan fingerprint density at radius 3 is 2.50 bits per heavy atom. The van der Waals surface area contributed by atoms with E-state index in [4.69, 9.17) is 10.6 Å². The summed E-state index contributed by atoms with van der Waals surface area (Å²) < 4.78 is 4.81. The number of hydrogen-bond donors (Lipinski definition) is 1. The third kappa shape index (κ3) is 6.15. The average molecular weight is 196 g/mol. The van der Waals surface area contributed by atoms with Gasteiger partial charge in [-0.2, -0.15) is 0 Å². The van der Waals surface area contributed by atoms with Crippen molar-refractivity contribution >= 4 is 18.4 Å². The fourth-order valence-corrected chi connectivity index (χ4v) is 0.453. The summed E-state index contributed by atoms with van der Waals surface area (Å²) in [5, 5.41) is 0. The van der Waals surface area contributed by atoms with Crippen LogP contribution in [0, 0.1) is 0 Å². The average Bonchev–Trinajstić information content (AvgIpc) is 1.87. The van der Waals surface area contributed by atoms with E-state index in [1.165, 1.54) is 0 Å². The maximum atomic E-state index is 10.8. The number of rotatable bonds is 4. The van der Waals surface area contributed by atoms with Crippen LogP contribution in [0.1, 0.15) is 13.8 Å². The molecule has 72 valence electrons. The van der Waals surface area contributed by atoms with Crippen LogP contribution in [0.25, 0.3) is 0 Å². The zero-order valence-corrected chi connectivity index (χ0v) is 8.02. The Morgan fingerprint density at radius 1 is 1.67 bits per heavy atom. The molecule has 1 atom stereocenters. The molecule has 0 aliphatic carbocycles. The van der Waals surface area contributed by atoms with Gasteiger partial charge in [0.05, 0.1) is 0 Å². The van der Waals surface area contributed by atoms with Gasteiger partial charge in [-0.05, 0) is 13.8 Å². The van der Waals surface area contributed by atoms with Gasteiger partial charge in [0.15, 0.2) is 0 Å². The summed E-state index contributed by atoms with van der Waals surface area (Å²) >= 11 is 0. The van der Waals surface area contributed by atoms with Gasteiger partial charge in [-0.15, -0.1) is 12.4 Å². The lowest BCUT2D eigenvalue weighted by Gasteiger charge is -2.10. The Balaban J connectivity index is 0. The molecule has 0 aromatic carbocycles. The highest BCUT2D eigenvalue weighted by molar-refractivity contribution is 5.87. The van der Waals surface area contributed by atoms with Crippen LogP contribution in [0.15, 0.2) is 12.2 Å². The first-order valence-electron chi connectivity index (χ1n) is 3.26. The van der Waals surface area contributed by atoms with E-state index in [1.54, 1.807) is 13.8 Å². The fraction of sp³-hybridized carbons (Fsp3) is 0.571. The topological polar surface area (TPSA) is 61.5 Å². The van der Waals surface area contributed by atoms with Crippen LogP contribution >= 0.6 is 12.4 Å². The zero-order chi connectivity index (χ0) is 8.85. The fourth-order valence-electron chi connectivity index (χ4n) is 0.453. The van der Waals surface area contributed by atoms with Crippen molar-refractivity contribution < 1.29 is 14.4 Å². The lowest BCUT2D eigenvalue weighted by Crippen LogP contribution is -2.22. The zero-order valence-electron chi connectivity index (χ0n) is 7.20. The molecule has 0 saturated heterocycles. The molecular weight excluding hydrogens is 182 g/mol. The number of ether oxygens (including phenoxy) is 1. The summed E-state index contributed by atoms with van der Waals surface area (Å²) in [4.78, 5) is 15.1. The molecule has 0 aliphatic rings. The molecule has 4 nitrogen and oxygen atoms in total. The van der Waals surface area contributed by atoms with E-state index in [-0.39, 0.29) is 25.1 Å². The molecule has 0 radical (unpaired) electrons. The molecular formula is C7H14ClNO3. The molecule has 1 unspecified atom stereocenters. The normalized spacial score (nSPS) is 11.2. The summed E-state index contributed by atoms with van der Waals surface area (Å²) in [6.07, 6.45) is -0.329. The highest BCUT2D eigenvalue weighted by Gasteiger charge is 2.08. The number of nitrogens with two attached hydrogens (primary N) is 1. The number of hydrogen-bond acceptors (Lipinski definition) is 4. The van der Waals surface area contributed by atoms with E-state index < -0.39 is 5.97 Å². The second kappa shape index (κ2) is 7.09. The minimum absolute atomic E-state index is 0. The summed E-state index contributed by atoms with van der Waals surface area (Å²) in [5.41, 5.74) is 0.369. The Labute approximate surface area is 78.1 Å². The molecule has 0 saturated carbocycles. The molecule has 0 bridgehead atoms. The predicted octanol–water partition coefficient (Wildman–Crippen LogP) is 0.806. The number of carbonyl (C=O) groups is 1. The predicted molar refractivity (Wildman–Crippen MR) is 47.8 cm³/mol. The third-order valence-corrected chi connectivity index (χ3v) is 0.988. The lowest BCUT2D eigenvalue weighted by atomic mass is 10.3. The Morgan fingerprint density at radius 2 is 2.17 bits per heavy atom. The van der Waals surface area contributed by atoms with Crippen molar-refractivity contribution in [3.05, 3.63) is 12.2 Å². The van der Waals surface area contributed by atoms with Crippen molar-refractivity contribution in [1.82, 2.24) is 0 Å². The van der Waals surface area contributed by atoms with Crippen LogP contribution in [0.5, 0.6) is 0 Å². The number of carbonyl (C=O) groups excluding carboxylic acids is 1.